The molecule has 0 aromatic carbocycles. The van der Waals surface area contributed by atoms with Gasteiger partial charge in [-0.15, -0.1) is 0 Å². The number of methoxy groups -OCH3 is 1. The molecule has 0 amide bonds. The molecule has 1 rings (SSSR count). The summed E-state index contributed by atoms with van der Waals surface area (Å²) in [7, 11) is 1.65. The van der Waals surface area contributed by atoms with Gasteiger partial charge in [-0.25, -0.2) is 0 Å². The lowest BCUT2D eigenvalue weighted by molar-refractivity contribution is 0.178. The lowest BCUT2D eigenvalue weighted by Crippen LogP contribution is -2.02. The Morgan fingerprint density at radius 1 is 1.13 bits per heavy atom. The van der Waals surface area contributed by atoms with Gasteiger partial charge in [0.05, 0.1) is 19.8 Å². The Balaban J connectivity index is 2.87. The quantitative estimate of drug-likeness (QED) is 0.721. The van der Waals surface area contributed by atoms with E-state index >= 15 is 0 Å². The Kier molecular flexibility index (Phi) is 4.90. The van der Waals surface area contributed by atoms with Gasteiger partial charge in [0, 0.05) is 18.7 Å². The maximum atomic E-state index is 5.41. The zero-order valence-corrected chi connectivity index (χ0v) is 9.45. The second kappa shape index (κ2) is 6.24. The molecule has 0 spiro atoms. The molecule has 0 aliphatic heterocycles. The van der Waals surface area contributed by atoms with Gasteiger partial charge in [0.1, 0.15) is 0 Å². The molecule has 1 heterocycles. The van der Waals surface area contributed by atoms with E-state index < -0.39 is 0 Å². The Bertz CT molecular complexity index is 302. The highest BCUT2D eigenvalue weighted by molar-refractivity contribution is 5.30. The first-order valence-corrected chi connectivity index (χ1v) is 5.06. The van der Waals surface area contributed by atoms with Crippen LogP contribution in [0, 0.1) is 0 Å². The van der Waals surface area contributed by atoms with Crippen LogP contribution in [-0.4, -0.2) is 25.3 Å². The minimum atomic E-state index is 0.495. The smallest absolute Gasteiger partial charge is 0.222 e. The molecule has 0 N–H and O–H groups in total. The van der Waals surface area contributed by atoms with Crippen LogP contribution >= 0.6 is 0 Å². The molecule has 0 aliphatic carbocycles. The fourth-order valence-corrected chi connectivity index (χ4v) is 1.21. The van der Waals surface area contributed by atoms with Crippen LogP contribution in [-0.2, 0) is 11.3 Å². The normalized spacial score (nSPS) is 10.1. The van der Waals surface area contributed by atoms with Gasteiger partial charge in [-0.3, -0.25) is 0 Å². The summed E-state index contributed by atoms with van der Waals surface area (Å²) in [5.41, 5.74) is 0.933. The second-order valence-electron chi connectivity index (χ2n) is 2.91. The third kappa shape index (κ3) is 3.40. The van der Waals surface area contributed by atoms with Crippen LogP contribution in [0.2, 0.25) is 0 Å². The van der Waals surface area contributed by atoms with E-state index in [1.165, 1.54) is 0 Å². The maximum absolute atomic E-state index is 5.41. The van der Waals surface area contributed by atoms with Crippen LogP contribution in [0.4, 0.5) is 0 Å². The van der Waals surface area contributed by atoms with Crippen LogP contribution in [0.15, 0.2) is 12.1 Å². The summed E-state index contributed by atoms with van der Waals surface area (Å²) >= 11 is 0. The minimum Gasteiger partial charge on any atom is -0.478 e. The highest BCUT2D eigenvalue weighted by Gasteiger charge is 2.06. The van der Waals surface area contributed by atoms with E-state index in [2.05, 4.69) is 4.98 Å². The van der Waals surface area contributed by atoms with Crippen molar-refractivity contribution in [1.29, 1.82) is 0 Å². The van der Waals surface area contributed by atoms with Crippen LogP contribution in [0.3, 0.4) is 0 Å². The van der Waals surface area contributed by atoms with E-state index in [0.717, 1.165) is 5.56 Å². The summed E-state index contributed by atoms with van der Waals surface area (Å²) in [5, 5.41) is 0. The van der Waals surface area contributed by atoms with E-state index in [-0.39, 0.29) is 0 Å². The van der Waals surface area contributed by atoms with Crippen LogP contribution in [0.1, 0.15) is 19.4 Å². The fraction of sp³-hybridized carbons (Fsp3) is 0.545. The number of nitrogens with zero attached hydrogens (tertiary/aromatic N) is 1. The van der Waals surface area contributed by atoms with Crippen molar-refractivity contribution in [2.75, 3.05) is 20.3 Å². The molecule has 0 saturated carbocycles. The molecular formula is C11H17NO3. The predicted octanol–water partition coefficient (Wildman–Crippen LogP) is 2.03. The van der Waals surface area contributed by atoms with Gasteiger partial charge in [0.15, 0.2) is 0 Å². The molecule has 1 aromatic heterocycles. The third-order valence-electron chi connectivity index (χ3n) is 1.79. The number of ether oxygens (including phenoxy) is 3. The van der Waals surface area contributed by atoms with Crippen molar-refractivity contribution in [3.05, 3.63) is 17.7 Å². The van der Waals surface area contributed by atoms with E-state index in [0.29, 0.717) is 31.6 Å². The molecule has 0 unspecified atom stereocenters. The summed E-state index contributed by atoms with van der Waals surface area (Å²) in [6.07, 6.45) is 0. The van der Waals surface area contributed by atoms with Gasteiger partial charge >= 0.3 is 0 Å². The third-order valence-corrected chi connectivity index (χ3v) is 1.79. The monoisotopic (exact) mass is 211 g/mol. The topological polar surface area (TPSA) is 40.6 Å². The summed E-state index contributed by atoms with van der Waals surface area (Å²) in [6, 6.07) is 3.73. The number of aromatic nitrogens is 1. The summed E-state index contributed by atoms with van der Waals surface area (Å²) < 4.78 is 15.8. The van der Waals surface area contributed by atoms with Crippen molar-refractivity contribution in [2.24, 2.45) is 0 Å². The first-order chi connectivity index (χ1) is 7.31. The predicted molar refractivity (Wildman–Crippen MR) is 57.3 cm³/mol. The van der Waals surface area contributed by atoms with Gasteiger partial charge in [0.2, 0.25) is 11.8 Å². The average molecular weight is 211 g/mol. The van der Waals surface area contributed by atoms with Gasteiger partial charge in [-0.05, 0) is 19.9 Å². The molecule has 0 radical (unpaired) electrons. The first kappa shape index (κ1) is 11.8. The number of rotatable bonds is 6. The fourth-order valence-electron chi connectivity index (χ4n) is 1.21. The highest BCUT2D eigenvalue weighted by atomic mass is 16.5. The van der Waals surface area contributed by atoms with Crippen LogP contribution < -0.4 is 9.47 Å². The zero-order chi connectivity index (χ0) is 11.1. The van der Waals surface area contributed by atoms with Gasteiger partial charge < -0.3 is 14.2 Å². The molecule has 0 atom stereocenters. The second-order valence-corrected chi connectivity index (χ2v) is 2.91. The van der Waals surface area contributed by atoms with Crippen molar-refractivity contribution in [3.8, 4) is 11.8 Å². The first-order valence-electron chi connectivity index (χ1n) is 5.06. The van der Waals surface area contributed by atoms with Crippen LogP contribution in [0.25, 0.3) is 0 Å². The van der Waals surface area contributed by atoms with Crippen molar-refractivity contribution in [1.82, 2.24) is 4.98 Å². The SMILES string of the molecule is CCOc1ccc(COC)c(OCC)n1. The Morgan fingerprint density at radius 3 is 2.47 bits per heavy atom. The minimum absolute atomic E-state index is 0.495. The van der Waals surface area contributed by atoms with Gasteiger partial charge in [-0.2, -0.15) is 4.98 Å². The summed E-state index contributed by atoms with van der Waals surface area (Å²) in [5.74, 6) is 1.17. The van der Waals surface area contributed by atoms with Crippen molar-refractivity contribution in [3.63, 3.8) is 0 Å². The lowest BCUT2D eigenvalue weighted by atomic mass is 10.3. The van der Waals surface area contributed by atoms with E-state index in [9.17, 15) is 0 Å². The van der Waals surface area contributed by atoms with Gasteiger partial charge in [0.25, 0.3) is 0 Å². The summed E-state index contributed by atoms with van der Waals surface area (Å²) in [6.45, 7) is 5.52. The van der Waals surface area contributed by atoms with Crippen molar-refractivity contribution < 1.29 is 14.2 Å². The molecule has 0 aliphatic rings. The molecule has 4 nitrogen and oxygen atoms in total. The molecule has 0 bridgehead atoms. The molecule has 4 heteroatoms. The van der Waals surface area contributed by atoms with Crippen molar-refractivity contribution in [2.45, 2.75) is 20.5 Å². The standard InChI is InChI=1S/C11H17NO3/c1-4-14-10-7-6-9(8-13-3)11(12-10)15-5-2/h6-7H,4-5,8H2,1-3H3. The van der Waals surface area contributed by atoms with E-state index in [4.69, 9.17) is 14.2 Å². The molecule has 84 valence electrons. The number of pyridine rings is 1. The molecular weight excluding hydrogens is 194 g/mol. The highest BCUT2D eigenvalue weighted by Crippen LogP contribution is 2.20. The summed E-state index contributed by atoms with van der Waals surface area (Å²) in [4.78, 5) is 4.25. The molecule has 1 aromatic rings. The largest absolute Gasteiger partial charge is 0.478 e. The Labute approximate surface area is 90.2 Å². The van der Waals surface area contributed by atoms with E-state index in [1.807, 2.05) is 26.0 Å². The lowest BCUT2D eigenvalue weighted by Gasteiger charge is -2.10. The zero-order valence-electron chi connectivity index (χ0n) is 9.45. The Hall–Kier alpha value is -1.29. The number of hydrogen-bond donors (Lipinski definition) is 0. The Morgan fingerprint density at radius 2 is 1.87 bits per heavy atom. The van der Waals surface area contributed by atoms with E-state index in [1.54, 1.807) is 7.11 Å². The van der Waals surface area contributed by atoms with Gasteiger partial charge in [-0.1, -0.05) is 0 Å². The molecule has 15 heavy (non-hydrogen) atoms. The molecule has 0 saturated heterocycles. The maximum Gasteiger partial charge on any atom is 0.222 e. The van der Waals surface area contributed by atoms with Crippen LogP contribution in [0.5, 0.6) is 11.8 Å². The van der Waals surface area contributed by atoms with Crippen molar-refractivity contribution >= 4 is 0 Å². The average Bonchev–Trinajstić information content (AvgIpc) is 2.23. The molecule has 0 fully saturated rings. The number of hydrogen-bond acceptors (Lipinski definition) is 4.